The van der Waals surface area contributed by atoms with Gasteiger partial charge in [0.15, 0.2) is 0 Å². The van der Waals surface area contributed by atoms with Crippen molar-refractivity contribution < 1.29 is 30.8 Å². The summed E-state index contributed by atoms with van der Waals surface area (Å²) in [5.41, 5.74) is -1.24. The lowest BCUT2D eigenvalue weighted by molar-refractivity contribution is -0.140. The minimum Gasteiger partial charge on any atom is -0.325 e. The number of hydrogen-bond acceptors (Lipinski definition) is 3. The third kappa shape index (κ3) is 6.40. The molecule has 0 atom stereocenters. The Morgan fingerprint density at radius 1 is 0.970 bits per heavy atom. The number of sulfonamides is 1. The van der Waals surface area contributed by atoms with E-state index < -0.39 is 40.0 Å². The Morgan fingerprint density at radius 2 is 1.61 bits per heavy atom. The number of alkyl halides is 3. The smallest absolute Gasteiger partial charge is 0.325 e. The van der Waals surface area contributed by atoms with E-state index in [9.17, 15) is 30.8 Å². The van der Waals surface area contributed by atoms with E-state index in [2.05, 4.69) is 21.2 Å². The van der Waals surface area contributed by atoms with Gasteiger partial charge >= 0.3 is 6.18 Å². The highest BCUT2D eigenvalue weighted by molar-refractivity contribution is 9.10. The zero-order chi connectivity index (χ0) is 24.2. The fraction of sp³-hybridized carbons (Fsp3) is 0.136. The third-order valence-corrected chi connectivity index (χ3v) is 6.86. The summed E-state index contributed by atoms with van der Waals surface area (Å²) in [6.45, 7) is -0.824. The molecule has 0 aromatic heterocycles. The number of hydrogen-bond donors (Lipinski definition) is 1. The molecule has 0 unspecified atom stereocenters. The van der Waals surface area contributed by atoms with E-state index in [0.717, 1.165) is 10.4 Å². The molecule has 0 saturated carbocycles. The number of carbonyl (C=O) groups excluding carboxylic acids is 1. The summed E-state index contributed by atoms with van der Waals surface area (Å²) in [5, 5.41) is 2.21. The molecular formula is C22H17BrF4N2O3S. The first-order chi connectivity index (χ1) is 15.5. The van der Waals surface area contributed by atoms with Gasteiger partial charge in [0.1, 0.15) is 5.82 Å². The van der Waals surface area contributed by atoms with Crippen LogP contribution in [0.2, 0.25) is 0 Å². The number of benzene rings is 3. The maximum Gasteiger partial charge on any atom is 0.419 e. The standard InChI is InChI=1S/C22H17BrF4N2O3S/c23-16-6-9-18(10-7-16)33(31,32)29(13-15-4-2-1-3-5-15)14-21(30)28-17-8-11-20(24)19(12-17)22(25,26)27/h1-12H,13-14H2,(H,28,30). The fourth-order valence-electron chi connectivity index (χ4n) is 2.95. The lowest BCUT2D eigenvalue weighted by Crippen LogP contribution is -2.37. The minimum absolute atomic E-state index is 0.0597. The first-order valence-corrected chi connectivity index (χ1v) is 11.7. The highest BCUT2D eigenvalue weighted by atomic mass is 79.9. The Bertz CT molecular complexity index is 1230. The second-order valence-corrected chi connectivity index (χ2v) is 9.81. The van der Waals surface area contributed by atoms with Gasteiger partial charge in [0.2, 0.25) is 15.9 Å². The molecule has 0 aliphatic heterocycles. The molecule has 0 aliphatic rings. The number of nitrogens with zero attached hydrogens (tertiary/aromatic N) is 1. The summed E-state index contributed by atoms with van der Waals surface area (Å²) in [6.07, 6.45) is -4.95. The molecule has 3 rings (SSSR count). The molecule has 0 saturated heterocycles. The third-order valence-electron chi connectivity index (χ3n) is 4.53. The first-order valence-electron chi connectivity index (χ1n) is 9.43. The van der Waals surface area contributed by atoms with Crippen molar-refractivity contribution in [3.63, 3.8) is 0 Å². The van der Waals surface area contributed by atoms with Crippen LogP contribution in [-0.4, -0.2) is 25.2 Å². The minimum atomic E-state index is -4.95. The predicted molar refractivity (Wildman–Crippen MR) is 118 cm³/mol. The molecule has 5 nitrogen and oxygen atoms in total. The molecule has 174 valence electrons. The largest absolute Gasteiger partial charge is 0.419 e. The van der Waals surface area contributed by atoms with E-state index in [0.29, 0.717) is 22.2 Å². The Hall–Kier alpha value is -2.76. The monoisotopic (exact) mass is 544 g/mol. The lowest BCUT2D eigenvalue weighted by atomic mass is 10.2. The SMILES string of the molecule is O=C(CN(Cc1ccccc1)S(=O)(=O)c1ccc(Br)cc1)Nc1ccc(F)c(C(F)(F)F)c1. The number of nitrogens with one attached hydrogen (secondary N) is 1. The highest BCUT2D eigenvalue weighted by Gasteiger charge is 2.34. The van der Waals surface area contributed by atoms with E-state index in [-0.39, 0.29) is 17.1 Å². The van der Waals surface area contributed by atoms with Gasteiger partial charge in [0.25, 0.3) is 0 Å². The maximum absolute atomic E-state index is 13.5. The van der Waals surface area contributed by atoms with Crippen LogP contribution in [0.15, 0.2) is 82.2 Å². The maximum atomic E-state index is 13.5. The molecule has 3 aromatic rings. The van der Waals surface area contributed by atoms with Crippen LogP contribution in [0.5, 0.6) is 0 Å². The van der Waals surface area contributed by atoms with E-state index in [4.69, 9.17) is 0 Å². The van der Waals surface area contributed by atoms with Crippen molar-refractivity contribution in [3.05, 3.63) is 94.2 Å². The summed E-state index contributed by atoms with van der Waals surface area (Å²) in [6, 6.07) is 16.3. The molecule has 0 aliphatic carbocycles. The van der Waals surface area contributed by atoms with Gasteiger partial charge in [-0.2, -0.15) is 17.5 Å². The van der Waals surface area contributed by atoms with Gasteiger partial charge in [-0.3, -0.25) is 4.79 Å². The highest BCUT2D eigenvalue weighted by Crippen LogP contribution is 2.33. The van der Waals surface area contributed by atoms with Gasteiger partial charge in [0, 0.05) is 16.7 Å². The summed E-state index contributed by atoms with van der Waals surface area (Å²) < 4.78 is 80.3. The van der Waals surface area contributed by atoms with Gasteiger partial charge in [0.05, 0.1) is 17.0 Å². The van der Waals surface area contributed by atoms with Crippen LogP contribution < -0.4 is 5.32 Å². The van der Waals surface area contributed by atoms with Crippen molar-refractivity contribution in [3.8, 4) is 0 Å². The molecule has 0 fully saturated rings. The Kier molecular flexibility index (Phi) is 7.55. The van der Waals surface area contributed by atoms with Crippen molar-refractivity contribution in [2.24, 2.45) is 0 Å². The normalized spacial score (nSPS) is 12.1. The van der Waals surface area contributed by atoms with Crippen molar-refractivity contribution in [1.82, 2.24) is 4.31 Å². The molecule has 0 heterocycles. The van der Waals surface area contributed by atoms with Crippen LogP contribution >= 0.6 is 15.9 Å². The fourth-order valence-corrected chi connectivity index (χ4v) is 4.60. The topological polar surface area (TPSA) is 66.5 Å². The summed E-state index contributed by atoms with van der Waals surface area (Å²) in [5.74, 6) is -2.37. The molecule has 1 N–H and O–H groups in total. The summed E-state index contributed by atoms with van der Waals surface area (Å²) >= 11 is 3.23. The molecular weight excluding hydrogens is 528 g/mol. The average molecular weight is 545 g/mol. The van der Waals surface area contributed by atoms with Crippen molar-refractivity contribution in [2.45, 2.75) is 17.6 Å². The zero-order valence-electron chi connectivity index (χ0n) is 16.8. The Morgan fingerprint density at radius 3 is 2.21 bits per heavy atom. The van der Waals surface area contributed by atoms with Gasteiger partial charge in [-0.1, -0.05) is 46.3 Å². The number of carbonyl (C=O) groups is 1. The van der Waals surface area contributed by atoms with E-state index in [1.54, 1.807) is 30.3 Å². The van der Waals surface area contributed by atoms with Gasteiger partial charge in [-0.25, -0.2) is 12.8 Å². The van der Waals surface area contributed by atoms with Crippen LogP contribution in [0.4, 0.5) is 23.2 Å². The molecule has 3 aromatic carbocycles. The number of rotatable bonds is 7. The number of amides is 1. The molecule has 0 spiro atoms. The molecule has 0 bridgehead atoms. The molecule has 0 radical (unpaired) electrons. The second-order valence-electron chi connectivity index (χ2n) is 6.95. The van der Waals surface area contributed by atoms with Gasteiger partial charge < -0.3 is 5.32 Å². The Labute approximate surface area is 196 Å². The van der Waals surface area contributed by atoms with Crippen molar-refractivity contribution in [2.75, 3.05) is 11.9 Å². The predicted octanol–water partition coefficient (Wildman–Crippen LogP) is 5.44. The zero-order valence-corrected chi connectivity index (χ0v) is 19.2. The molecule has 33 heavy (non-hydrogen) atoms. The molecule has 1 amide bonds. The van der Waals surface area contributed by atoms with E-state index in [1.807, 2.05) is 0 Å². The van der Waals surface area contributed by atoms with Crippen LogP contribution in [-0.2, 0) is 27.5 Å². The second kappa shape index (κ2) is 10.0. The van der Waals surface area contributed by atoms with E-state index >= 15 is 0 Å². The van der Waals surface area contributed by atoms with Gasteiger partial charge in [-0.05, 0) is 48.0 Å². The van der Waals surface area contributed by atoms with Crippen LogP contribution in [0.25, 0.3) is 0 Å². The number of anilines is 1. The molecule has 11 heteroatoms. The number of halogens is 5. The van der Waals surface area contributed by atoms with Crippen LogP contribution in [0, 0.1) is 5.82 Å². The quantitative estimate of drug-likeness (QED) is 0.403. The van der Waals surface area contributed by atoms with Crippen molar-refractivity contribution in [1.29, 1.82) is 0 Å². The first kappa shape index (κ1) is 24.9. The Balaban J connectivity index is 1.87. The van der Waals surface area contributed by atoms with Crippen molar-refractivity contribution >= 4 is 37.5 Å². The van der Waals surface area contributed by atoms with E-state index in [1.165, 1.54) is 24.3 Å². The van der Waals surface area contributed by atoms with Crippen LogP contribution in [0.1, 0.15) is 11.1 Å². The summed E-state index contributed by atoms with van der Waals surface area (Å²) in [4.78, 5) is 12.5. The van der Waals surface area contributed by atoms with Crippen LogP contribution in [0.3, 0.4) is 0 Å². The summed E-state index contributed by atoms with van der Waals surface area (Å²) in [7, 11) is -4.13. The lowest BCUT2D eigenvalue weighted by Gasteiger charge is -2.22. The average Bonchev–Trinajstić information content (AvgIpc) is 2.75. The van der Waals surface area contributed by atoms with Gasteiger partial charge in [-0.15, -0.1) is 0 Å².